The van der Waals surface area contributed by atoms with E-state index in [0.29, 0.717) is 43.1 Å². The maximum absolute atomic E-state index is 12.4. The van der Waals surface area contributed by atoms with Crippen LogP contribution in [-0.4, -0.2) is 82.3 Å². The number of fused-ring (bicyclic) bond motifs is 2. The Hall–Kier alpha value is -2.62. The molecule has 3 fully saturated rings. The van der Waals surface area contributed by atoms with Gasteiger partial charge in [0.2, 0.25) is 11.8 Å². The van der Waals surface area contributed by atoms with Crippen molar-refractivity contribution in [2.24, 2.45) is 0 Å². The van der Waals surface area contributed by atoms with Gasteiger partial charge in [-0.1, -0.05) is 17.7 Å². The lowest BCUT2D eigenvalue weighted by molar-refractivity contribution is 0.0303. The van der Waals surface area contributed by atoms with Gasteiger partial charge in [-0.15, -0.1) is 4.73 Å². The van der Waals surface area contributed by atoms with Gasteiger partial charge >= 0.3 is 6.09 Å². The fraction of sp³-hybridized carbons (Fsp3) is 0.500. The highest BCUT2D eigenvalue weighted by Crippen LogP contribution is 2.33. The van der Waals surface area contributed by atoms with E-state index in [-0.39, 0.29) is 11.8 Å². The van der Waals surface area contributed by atoms with Gasteiger partial charge in [-0.25, -0.2) is 4.79 Å². The van der Waals surface area contributed by atoms with Gasteiger partial charge in [0.25, 0.3) is 0 Å². The van der Waals surface area contributed by atoms with Crippen molar-refractivity contribution in [1.82, 2.24) is 14.5 Å². The Kier molecular flexibility index (Phi) is 5.79. The zero-order chi connectivity index (χ0) is 22.2. The largest absolute Gasteiger partial charge is 0.492 e. The van der Waals surface area contributed by atoms with Crippen LogP contribution in [0.5, 0.6) is 11.8 Å². The summed E-state index contributed by atoms with van der Waals surface area (Å²) in [5, 5.41) is 20.0. The Morgan fingerprint density at radius 3 is 2.34 bits per heavy atom. The van der Waals surface area contributed by atoms with Gasteiger partial charge in [-0.3, -0.25) is 4.90 Å². The van der Waals surface area contributed by atoms with Crippen LogP contribution in [0, 0.1) is 0 Å². The van der Waals surface area contributed by atoms with Crippen molar-refractivity contribution in [3.05, 3.63) is 40.9 Å². The molecule has 1 aromatic heterocycles. The number of halogens is 1. The van der Waals surface area contributed by atoms with Crippen molar-refractivity contribution < 1.29 is 24.6 Å². The van der Waals surface area contributed by atoms with Crippen molar-refractivity contribution in [2.45, 2.75) is 31.6 Å². The van der Waals surface area contributed by atoms with E-state index in [0.717, 1.165) is 43.2 Å². The van der Waals surface area contributed by atoms with E-state index in [2.05, 4.69) is 15.9 Å². The topological polar surface area (TPSA) is 90.6 Å². The predicted molar refractivity (Wildman–Crippen MR) is 118 cm³/mol. The third-order valence-electron chi connectivity index (χ3n) is 6.42. The molecule has 0 radical (unpaired) electrons. The first-order valence-corrected chi connectivity index (χ1v) is 11.3. The minimum absolute atomic E-state index is 0.300. The van der Waals surface area contributed by atoms with Gasteiger partial charge in [0.05, 0.1) is 12.2 Å². The molecule has 3 saturated heterocycles. The zero-order valence-electron chi connectivity index (χ0n) is 17.7. The van der Waals surface area contributed by atoms with E-state index in [1.807, 2.05) is 12.1 Å². The smallest absolute Gasteiger partial charge is 0.434 e. The van der Waals surface area contributed by atoms with E-state index in [4.69, 9.17) is 21.2 Å². The first-order valence-electron chi connectivity index (χ1n) is 10.9. The predicted octanol–water partition coefficient (Wildman–Crippen LogP) is 2.29. The van der Waals surface area contributed by atoms with Crippen LogP contribution < -0.4 is 9.74 Å². The van der Waals surface area contributed by atoms with Gasteiger partial charge in [0.15, 0.2) is 0 Å². The maximum atomic E-state index is 12.4. The Morgan fingerprint density at radius 1 is 1.03 bits per heavy atom. The molecule has 3 aliphatic rings. The maximum Gasteiger partial charge on any atom is 0.434 e. The summed E-state index contributed by atoms with van der Waals surface area (Å²) in [6, 6.07) is 8.58. The summed E-state index contributed by atoms with van der Waals surface area (Å²) >= 11 is 6.33. The standard InChI is InChI=1S/C22H27ClN4O5/c23-16-2-1-15(19(11-16)26-13-17-3-4-18(14-26)31-17)12-24-7-9-25(10-8-24)22(30)32-27-20(28)5-6-21(27)29/h1-2,5-6,11,17-18,28-29H,3-4,7-10,12-14H2. The second-order valence-corrected chi connectivity index (χ2v) is 9.04. The van der Waals surface area contributed by atoms with Gasteiger partial charge in [-0.2, -0.15) is 0 Å². The van der Waals surface area contributed by atoms with Crippen LogP contribution in [0.1, 0.15) is 18.4 Å². The lowest BCUT2D eigenvalue weighted by atomic mass is 10.1. The second-order valence-electron chi connectivity index (χ2n) is 8.60. The zero-order valence-corrected chi connectivity index (χ0v) is 18.4. The number of benzene rings is 1. The number of amides is 1. The summed E-state index contributed by atoms with van der Waals surface area (Å²) in [5.74, 6) is -0.664. The quantitative estimate of drug-likeness (QED) is 0.720. The minimum atomic E-state index is -0.609. The molecular weight excluding hydrogens is 436 g/mol. The average Bonchev–Trinajstić information content (AvgIpc) is 3.30. The SMILES string of the molecule is O=C(On1c(O)ccc1O)N1CCN(Cc2ccc(Cl)cc2N2CC3CCC(C2)O3)CC1. The van der Waals surface area contributed by atoms with Crippen LogP contribution in [-0.2, 0) is 11.3 Å². The number of carbonyl (C=O) groups is 1. The van der Waals surface area contributed by atoms with E-state index < -0.39 is 6.09 Å². The number of carbonyl (C=O) groups excluding carboxylic acids is 1. The number of aromatic hydroxyl groups is 2. The monoisotopic (exact) mass is 462 g/mol. The molecule has 2 atom stereocenters. The second kappa shape index (κ2) is 8.73. The molecule has 4 heterocycles. The summed E-state index contributed by atoms with van der Waals surface area (Å²) < 4.78 is 6.70. The van der Waals surface area contributed by atoms with Crippen LogP contribution in [0.4, 0.5) is 10.5 Å². The number of piperazine rings is 1. The number of ether oxygens (including phenoxy) is 1. The number of hydrogen-bond acceptors (Lipinski definition) is 7. The molecule has 2 unspecified atom stereocenters. The Balaban J connectivity index is 1.21. The Labute approximate surface area is 191 Å². The highest BCUT2D eigenvalue weighted by Gasteiger charge is 2.34. The van der Waals surface area contributed by atoms with E-state index in [1.54, 1.807) is 4.90 Å². The molecule has 0 spiro atoms. The van der Waals surface area contributed by atoms with E-state index in [1.165, 1.54) is 17.7 Å². The molecule has 1 aromatic carbocycles. The molecule has 9 nitrogen and oxygen atoms in total. The number of morpholine rings is 1. The number of rotatable bonds is 4. The molecule has 32 heavy (non-hydrogen) atoms. The van der Waals surface area contributed by atoms with Gasteiger partial charge in [0, 0.05) is 68.7 Å². The number of aromatic nitrogens is 1. The van der Waals surface area contributed by atoms with Crippen molar-refractivity contribution in [3.8, 4) is 11.8 Å². The summed E-state index contributed by atoms with van der Waals surface area (Å²) in [5.41, 5.74) is 2.38. The van der Waals surface area contributed by atoms with Crippen LogP contribution in [0.25, 0.3) is 0 Å². The molecule has 2 aromatic rings. The summed E-state index contributed by atoms with van der Waals surface area (Å²) in [4.78, 5) is 23.8. The molecule has 2 N–H and O–H groups in total. The highest BCUT2D eigenvalue weighted by atomic mass is 35.5. The van der Waals surface area contributed by atoms with Gasteiger partial charge < -0.3 is 29.6 Å². The molecule has 0 saturated carbocycles. The lowest BCUT2D eigenvalue weighted by Crippen LogP contribution is -2.50. The van der Waals surface area contributed by atoms with E-state index >= 15 is 0 Å². The molecule has 3 aliphatic heterocycles. The third-order valence-corrected chi connectivity index (χ3v) is 6.66. The Bertz CT molecular complexity index is 959. The molecule has 5 rings (SSSR count). The number of hydrogen-bond donors (Lipinski definition) is 2. The van der Waals surface area contributed by atoms with E-state index in [9.17, 15) is 15.0 Å². The molecule has 0 aliphatic carbocycles. The summed E-state index contributed by atoms with van der Waals surface area (Å²) in [6.45, 7) is 4.91. The fourth-order valence-corrected chi connectivity index (χ4v) is 4.90. The first kappa shape index (κ1) is 21.2. The number of anilines is 1. The Morgan fingerprint density at radius 2 is 1.69 bits per heavy atom. The van der Waals surface area contributed by atoms with Crippen LogP contribution in [0.15, 0.2) is 30.3 Å². The molecule has 1 amide bonds. The first-order chi connectivity index (χ1) is 15.5. The normalized spacial score (nSPS) is 23.5. The van der Waals surface area contributed by atoms with Crippen molar-refractivity contribution >= 4 is 23.4 Å². The molecule has 172 valence electrons. The van der Waals surface area contributed by atoms with Crippen LogP contribution in [0.2, 0.25) is 5.02 Å². The summed E-state index contributed by atoms with van der Waals surface area (Å²) in [6.07, 6.45) is 2.23. The lowest BCUT2D eigenvalue weighted by Gasteiger charge is -2.37. The molecule has 2 bridgehead atoms. The van der Waals surface area contributed by atoms with Gasteiger partial charge in [-0.05, 0) is 30.5 Å². The van der Waals surface area contributed by atoms with Crippen molar-refractivity contribution in [3.63, 3.8) is 0 Å². The summed E-state index contributed by atoms with van der Waals surface area (Å²) in [7, 11) is 0. The number of nitrogens with zero attached hydrogens (tertiary/aromatic N) is 4. The van der Waals surface area contributed by atoms with Gasteiger partial charge in [0.1, 0.15) is 0 Å². The molecular formula is C22H27ClN4O5. The minimum Gasteiger partial charge on any atom is -0.492 e. The van der Waals surface area contributed by atoms with Crippen molar-refractivity contribution in [1.29, 1.82) is 0 Å². The highest BCUT2D eigenvalue weighted by molar-refractivity contribution is 6.30. The fourth-order valence-electron chi connectivity index (χ4n) is 4.74. The third kappa shape index (κ3) is 4.32. The van der Waals surface area contributed by atoms with Crippen LogP contribution in [0.3, 0.4) is 0 Å². The van der Waals surface area contributed by atoms with Crippen molar-refractivity contribution in [2.75, 3.05) is 44.2 Å². The molecule has 10 heteroatoms. The van der Waals surface area contributed by atoms with Crippen LogP contribution >= 0.6 is 11.6 Å². The average molecular weight is 463 g/mol.